The van der Waals surface area contributed by atoms with E-state index >= 15 is 0 Å². The molecule has 2 aliphatic heterocycles. The second-order valence-electron chi connectivity index (χ2n) is 13.6. The van der Waals surface area contributed by atoms with Gasteiger partial charge in [-0.25, -0.2) is 9.97 Å². The number of ether oxygens (including phenoxy) is 1. The highest BCUT2D eigenvalue weighted by Crippen LogP contribution is 2.38. The van der Waals surface area contributed by atoms with Crippen LogP contribution in [-0.2, 0) is 0 Å². The number of aromatic amines is 2. The molecule has 2 aliphatic rings. The molecule has 0 spiro atoms. The van der Waals surface area contributed by atoms with Crippen LogP contribution in [0.4, 0.5) is 0 Å². The van der Waals surface area contributed by atoms with E-state index in [0.29, 0.717) is 0 Å². The monoisotopic (exact) mass is 748 g/mol. The lowest BCUT2D eigenvalue weighted by Gasteiger charge is -2.14. The Kier molecular flexibility index (Phi) is 9.27. The third kappa shape index (κ3) is 6.78. The van der Waals surface area contributed by atoms with Crippen molar-refractivity contribution in [3.63, 3.8) is 0 Å². The first kappa shape index (κ1) is 35.3. The predicted molar refractivity (Wildman–Crippen MR) is 227 cm³/mol. The van der Waals surface area contributed by atoms with E-state index in [2.05, 4.69) is 76.7 Å². The van der Waals surface area contributed by atoms with Crippen LogP contribution in [0.2, 0.25) is 0 Å². The first-order valence-corrected chi connectivity index (χ1v) is 18.4. The molecule has 0 aliphatic carbocycles. The fourth-order valence-electron chi connectivity index (χ4n) is 7.34. The molecule has 8 bridgehead atoms. The van der Waals surface area contributed by atoms with Gasteiger partial charge in [0.05, 0.1) is 22.8 Å². The minimum absolute atomic E-state index is 0.229. The van der Waals surface area contributed by atoms with Crippen molar-refractivity contribution in [1.82, 2.24) is 19.9 Å². The number of benzene rings is 4. The second kappa shape index (κ2) is 15.0. The molecule has 9 nitrogen and oxygen atoms in total. The number of H-pyrrole nitrogens is 2. The Bertz CT molecular complexity index is 2840. The lowest BCUT2D eigenvalue weighted by atomic mass is 10.0. The van der Waals surface area contributed by atoms with Crippen molar-refractivity contribution < 1.29 is 25.2 Å². The van der Waals surface area contributed by atoms with Crippen molar-refractivity contribution >= 4 is 46.4 Å². The summed E-state index contributed by atoms with van der Waals surface area (Å²) in [4.78, 5) is 18.1. The molecule has 0 radical (unpaired) electrons. The van der Waals surface area contributed by atoms with Gasteiger partial charge in [-0.1, -0.05) is 103 Å². The molecule has 1 atom stereocenters. The number of fused-ring (bicyclic) bond motifs is 8. The van der Waals surface area contributed by atoms with Crippen molar-refractivity contribution in [3.05, 3.63) is 174 Å². The highest BCUT2D eigenvalue weighted by molar-refractivity contribution is 5.99. The van der Waals surface area contributed by atoms with Crippen molar-refractivity contribution in [1.29, 1.82) is 0 Å². The first-order chi connectivity index (χ1) is 27.9. The van der Waals surface area contributed by atoms with Gasteiger partial charge in [-0.15, -0.1) is 0 Å². The molecule has 9 heteroatoms. The Labute approximate surface area is 327 Å². The summed E-state index contributed by atoms with van der Waals surface area (Å²) in [6.07, 6.45) is 6.32. The third-order valence-corrected chi connectivity index (χ3v) is 10.0. The minimum Gasteiger partial charge on any atom is -0.506 e. The minimum atomic E-state index is -1.87. The second-order valence-corrected chi connectivity index (χ2v) is 13.6. The molecule has 0 saturated heterocycles. The van der Waals surface area contributed by atoms with Gasteiger partial charge in [0.15, 0.2) is 5.76 Å². The normalized spacial score (nSPS) is 13.0. The first-order valence-electron chi connectivity index (χ1n) is 18.4. The van der Waals surface area contributed by atoms with E-state index in [9.17, 15) is 15.3 Å². The van der Waals surface area contributed by atoms with E-state index in [0.717, 1.165) is 89.4 Å². The van der Waals surface area contributed by atoms with Crippen LogP contribution in [0.5, 0.6) is 5.75 Å². The van der Waals surface area contributed by atoms with Crippen molar-refractivity contribution in [2.24, 2.45) is 0 Å². The number of aromatic nitrogens is 4. The van der Waals surface area contributed by atoms with Crippen LogP contribution in [0.25, 0.3) is 90.9 Å². The number of nitrogens with zero attached hydrogens (tertiary/aromatic N) is 2. The van der Waals surface area contributed by atoms with Gasteiger partial charge in [-0.3, -0.25) is 0 Å². The van der Waals surface area contributed by atoms with E-state index in [1.54, 1.807) is 12.1 Å². The maximum Gasteiger partial charge on any atom is 0.259 e. The van der Waals surface area contributed by atoms with Crippen LogP contribution >= 0.6 is 0 Å². The molecule has 278 valence electrons. The third-order valence-electron chi connectivity index (χ3n) is 10.0. The summed E-state index contributed by atoms with van der Waals surface area (Å²) in [6.45, 7) is -0.843. The molecule has 57 heavy (non-hydrogen) atoms. The number of hydrogen-bond acceptors (Lipinski definition) is 7. The quantitative estimate of drug-likeness (QED) is 0.0669. The summed E-state index contributed by atoms with van der Waals surface area (Å²) in [7, 11) is 0. The molecule has 0 saturated carbocycles. The molecule has 0 amide bonds. The highest BCUT2D eigenvalue weighted by Gasteiger charge is 2.20. The fraction of sp³-hybridized carbons (Fsp3) is 0.0417. The zero-order valence-corrected chi connectivity index (χ0v) is 30.5. The lowest BCUT2D eigenvalue weighted by molar-refractivity contribution is -0.0229. The Balaban J connectivity index is 1.36. The lowest BCUT2D eigenvalue weighted by Crippen LogP contribution is -2.20. The van der Waals surface area contributed by atoms with E-state index < -0.39 is 24.4 Å². The summed E-state index contributed by atoms with van der Waals surface area (Å²) < 4.78 is 5.47. The van der Waals surface area contributed by atoms with Gasteiger partial charge in [0.25, 0.3) is 6.29 Å². The Hall–Kier alpha value is -7.46. The summed E-state index contributed by atoms with van der Waals surface area (Å²) >= 11 is 0. The fourth-order valence-corrected chi connectivity index (χ4v) is 7.34. The van der Waals surface area contributed by atoms with Gasteiger partial charge in [0.2, 0.25) is 5.76 Å². The van der Waals surface area contributed by atoms with Gasteiger partial charge < -0.3 is 35.1 Å². The van der Waals surface area contributed by atoms with Gasteiger partial charge in [0.1, 0.15) is 12.4 Å². The van der Waals surface area contributed by atoms with Crippen LogP contribution < -0.4 is 4.74 Å². The Morgan fingerprint density at radius 1 is 0.474 bits per heavy atom. The molecule has 7 aromatic rings. The smallest absolute Gasteiger partial charge is 0.259 e. The van der Waals surface area contributed by atoms with Crippen LogP contribution in [0.15, 0.2) is 151 Å². The molecular formula is C48H36N4O5. The van der Waals surface area contributed by atoms with E-state index in [-0.39, 0.29) is 5.75 Å². The van der Waals surface area contributed by atoms with E-state index in [1.165, 1.54) is 0 Å². The number of aliphatic hydroxyl groups excluding tert-OH is 4. The maximum atomic E-state index is 10.3. The topological polar surface area (TPSA) is 148 Å². The molecule has 4 aromatic carbocycles. The van der Waals surface area contributed by atoms with Gasteiger partial charge >= 0.3 is 0 Å². The van der Waals surface area contributed by atoms with E-state index in [4.69, 9.17) is 19.8 Å². The largest absolute Gasteiger partial charge is 0.506 e. The Morgan fingerprint density at radius 3 is 1.14 bits per heavy atom. The van der Waals surface area contributed by atoms with Gasteiger partial charge in [0, 0.05) is 44.3 Å². The molecule has 9 rings (SSSR count). The molecule has 0 fully saturated rings. The van der Waals surface area contributed by atoms with Crippen LogP contribution in [-0.4, -0.2) is 53.3 Å². The number of rotatable bonds is 8. The van der Waals surface area contributed by atoms with Crippen molar-refractivity contribution in [2.45, 2.75) is 6.29 Å². The Morgan fingerprint density at radius 2 is 0.807 bits per heavy atom. The summed E-state index contributed by atoms with van der Waals surface area (Å²) in [5, 5.41) is 39.2. The van der Waals surface area contributed by atoms with Crippen LogP contribution in [0.1, 0.15) is 22.8 Å². The molecule has 0 unspecified atom stereocenters. The van der Waals surface area contributed by atoms with Crippen LogP contribution in [0.3, 0.4) is 0 Å². The average molecular weight is 749 g/mol. The molecule has 6 N–H and O–H groups in total. The molecule has 5 heterocycles. The molecule has 3 aromatic heterocycles. The number of aliphatic hydroxyl groups is 4. The van der Waals surface area contributed by atoms with Crippen LogP contribution in [0, 0.1) is 0 Å². The van der Waals surface area contributed by atoms with E-state index in [1.807, 2.05) is 84.9 Å². The summed E-state index contributed by atoms with van der Waals surface area (Å²) in [5.41, 5.74) is 14.2. The SMILES string of the molecule is OC/C(O)=C(\O)[C@H](O)Oc1ccc(-c2c3nc(c(-c4ccccc4)c4ccc([nH]4)c(-c4ccccc4)c4nc(c(-c5ccccc5)c5ccc2[nH]5)C=C4)C=C3)cc1. The summed E-state index contributed by atoms with van der Waals surface area (Å²) in [5.74, 6) is -1.42. The van der Waals surface area contributed by atoms with Gasteiger partial charge in [-0.2, -0.15) is 0 Å². The zero-order chi connectivity index (χ0) is 38.9. The summed E-state index contributed by atoms with van der Waals surface area (Å²) in [6, 6.07) is 46.0. The highest BCUT2D eigenvalue weighted by atomic mass is 16.6. The number of hydrogen-bond donors (Lipinski definition) is 6. The van der Waals surface area contributed by atoms with Crippen molar-refractivity contribution in [2.75, 3.05) is 6.61 Å². The standard InChI is InChI=1S/C48H36N4O5/c53-28-42(54)47(55)48(56)57-33-18-16-32(17-19-33)46-40-26-24-38(51-40)44(30-12-6-2-7-13-30)36-22-20-34(49-36)43(29-10-4-1-5-11-29)35-21-23-37(50-35)45(31-14-8-3-9-15-31)39-25-27-41(46)52-39/h1-27,48-49,52-56H,28H2/b43-34?,43-35?,44-36?,44-38?,45-37?,45-39?,46-40?,46-41?,47-42+/t48-/m1/s1. The van der Waals surface area contributed by atoms with Crippen molar-refractivity contribution in [3.8, 4) is 50.3 Å². The maximum absolute atomic E-state index is 10.3. The zero-order valence-electron chi connectivity index (χ0n) is 30.5. The number of nitrogens with one attached hydrogen (secondary N) is 2. The van der Waals surface area contributed by atoms with Gasteiger partial charge in [-0.05, 0) is 83.0 Å². The predicted octanol–water partition coefficient (Wildman–Crippen LogP) is 10.3. The average Bonchev–Trinajstić information content (AvgIpc) is 4.10. The molecular weight excluding hydrogens is 713 g/mol.